The van der Waals surface area contributed by atoms with Gasteiger partial charge in [0, 0.05) is 26.1 Å². The van der Waals surface area contributed by atoms with Crippen LogP contribution in [0.25, 0.3) is 0 Å². The third kappa shape index (κ3) is 2.87. The molecule has 1 aliphatic heterocycles. The number of amides is 1. The van der Waals surface area contributed by atoms with Crippen LogP contribution in [0.15, 0.2) is 6.33 Å². The lowest BCUT2D eigenvalue weighted by Crippen LogP contribution is -2.32. The van der Waals surface area contributed by atoms with E-state index in [4.69, 9.17) is 0 Å². The second kappa shape index (κ2) is 5.46. The summed E-state index contributed by atoms with van der Waals surface area (Å²) in [6.07, 6.45) is 2.44. The van der Waals surface area contributed by atoms with Crippen molar-refractivity contribution in [1.29, 1.82) is 0 Å². The molecule has 1 saturated heterocycles. The zero-order chi connectivity index (χ0) is 13.8. The number of aromatic nitrogens is 2. The third-order valence-corrected chi connectivity index (χ3v) is 2.84. The summed E-state index contributed by atoms with van der Waals surface area (Å²) >= 11 is 0. The molecule has 1 aromatic heterocycles. The van der Waals surface area contributed by atoms with Gasteiger partial charge in [0.15, 0.2) is 0 Å². The molecule has 0 aliphatic carbocycles. The molecule has 9 heteroatoms. The Labute approximate surface area is 109 Å². The van der Waals surface area contributed by atoms with Gasteiger partial charge < -0.3 is 16.0 Å². The molecular formula is C10H14N6O3. The minimum Gasteiger partial charge on any atom is -0.367 e. The van der Waals surface area contributed by atoms with Crippen LogP contribution in [0.2, 0.25) is 0 Å². The molecule has 1 unspecified atom stereocenters. The number of rotatable bonds is 5. The number of carbonyl (C=O) groups excluding carboxylic acids is 1. The first-order valence-electron chi connectivity index (χ1n) is 5.82. The molecule has 0 bridgehead atoms. The second-order valence-corrected chi connectivity index (χ2v) is 4.11. The Kier molecular flexibility index (Phi) is 3.74. The molecule has 0 aromatic carbocycles. The highest BCUT2D eigenvalue weighted by molar-refractivity contribution is 5.78. The Morgan fingerprint density at radius 3 is 2.84 bits per heavy atom. The van der Waals surface area contributed by atoms with E-state index in [1.807, 2.05) is 0 Å². The molecule has 102 valence electrons. The fourth-order valence-corrected chi connectivity index (χ4v) is 1.91. The summed E-state index contributed by atoms with van der Waals surface area (Å²) in [6, 6.07) is -0.0277. The first kappa shape index (κ1) is 13.0. The van der Waals surface area contributed by atoms with Crippen LogP contribution in [0.4, 0.5) is 17.3 Å². The fraction of sp³-hybridized carbons (Fsp3) is 0.500. The van der Waals surface area contributed by atoms with Gasteiger partial charge in [-0.2, -0.15) is 0 Å². The monoisotopic (exact) mass is 266 g/mol. The maximum absolute atomic E-state index is 11.1. The molecule has 3 N–H and O–H groups in total. The van der Waals surface area contributed by atoms with Crippen molar-refractivity contribution in [3.05, 3.63) is 16.4 Å². The van der Waals surface area contributed by atoms with Gasteiger partial charge in [0.25, 0.3) is 0 Å². The summed E-state index contributed by atoms with van der Waals surface area (Å²) in [4.78, 5) is 29.2. The summed E-state index contributed by atoms with van der Waals surface area (Å²) in [6.45, 7) is 0.396. The lowest BCUT2D eigenvalue weighted by Gasteiger charge is -2.12. The molecule has 0 spiro atoms. The van der Waals surface area contributed by atoms with Crippen molar-refractivity contribution in [3.8, 4) is 0 Å². The fourth-order valence-electron chi connectivity index (χ4n) is 1.91. The minimum absolute atomic E-state index is 0.0000915. The number of nitro groups is 1. The van der Waals surface area contributed by atoms with E-state index in [-0.39, 0.29) is 29.3 Å². The molecule has 2 heterocycles. The van der Waals surface area contributed by atoms with E-state index in [1.165, 1.54) is 6.33 Å². The maximum Gasteiger partial charge on any atom is 0.353 e. The van der Waals surface area contributed by atoms with E-state index in [9.17, 15) is 14.9 Å². The number of nitrogens with zero attached hydrogens (tertiary/aromatic N) is 3. The zero-order valence-electron chi connectivity index (χ0n) is 10.3. The van der Waals surface area contributed by atoms with Gasteiger partial charge in [-0.1, -0.05) is 0 Å². The van der Waals surface area contributed by atoms with Gasteiger partial charge in [-0.25, -0.2) is 9.97 Å². The van der Waals surface area contributed by atoms with Crippen molar-refractivity contribution in [1.82, 2.24) is 15.3 Å². The predicted molar refractivity (Wildman–Crippen MR) is 67.9 cm³/mol. The number of hydrogen-bond acceptors (Lipinski definition) is 7. The number of carbonyl (C=O) groups is 1. The Morgan fingerprint density at radius 2 is 2.26 bits per heavy atom. The smallest absolute Gasteiger partial charge is 0.353 e. The van der Waals surface area contributed by atoms with Crippen molar-refractivity contribution in [2.75, 3.05) is 24.2 Å². The summed E-state index contributed by atoms with van der Waals surface area (Å²) in [5.74, 6) is 0.295. The molecule has 1 aromatic rings. The highest BCUT2D eigenvalue weighted by Crippen LogP contribution is 2.28. The van der Waals surface area contributed by atoms with Gasteiger partial charge in [0.1, 0.15) is 6.33 Å². The van der Waals surface area contributed by atoms with Crippen LogP contribution in [0.3, 0.4) is 0 Å². The van der Waals surface area contributed by atoms with Crippen LogP contribution in [0.5, 0.6) is 0 Å². The van der Waals surface area contributed by atoms with Crippen LogP contribution in [0.1, 0.15) is 12.8 Å². The normalized spacial score (nSPS) is 17.9. The highest BCUT2D eigenvalue weighted by Gasteiger charge is 2.25. The topological polar surface area (TPSA) is 122 Å². The molecule has 19 heavy (non-hydrogen) atoms. The van der Waals surface area contributed by atoms with E-state index in [2.05, 4.69) is 25.9 Å². The van der Waals surface area contributed by atoms with Crippen LogP contribution in [-0.4, -0.2) is 40.4 Å². The molecule has 1 atom stereocenters. The molecule has 1 aliphatic rings. The molecule has 1 fully saturated rings. The summed E-state index contributed by atoms with van der Waals surface area (Å²) in [5.41, 5.74) is -0.200. The van der Waals surface area contributed by atoms with Crippen molar-refractivity contribution in [2.45, 2.75) is 18.9 Å². The summed E-state index contributed by atoms with van der Waals surface area (Å²) < 4.78 is 0. The Balaban J connectivity index is 2.11. The quantitative estimate of drug-likeness (QED) is 0.511. The van der Waals surface area contributed by atoms with Crippen molar-refractivity contribution >= 4 is 23.2 Å². The first-order valence-corrected chi connectivity index (χ1v) is 5.82. The van der Waals surface area contributed by atoms with E-state index in [0.717, 1.165) is 0 Å². The van der Waals surface area contributed by atoms with E-state index in [1.54, 1.807) is 7.05 Å². The van der Waals surface area contributed by atoms with E-state index < -0.39 is 4.92 Å². The number of anilines is 2. The Bertz CT molecular complexity index is 506. The van der Waals surface area contributed by atoms with E-state index >= 15 is 0 Å². The number of nitrogens with one attached hydrogen (secondary N) is 3. The van der Waals surface area contributed by atoms with Crippen molar-refractivity contribution in [2.24, 2.45) is 0 Å². The Morgan fingerprint density at radius 1 is 1.53 bits per heavy atom. The first-order chi connectivity index (χ1) is 9.11. The SMILES string of the molecule is CNc1ncnc(NCC2CCC(=O)N2)c1[N+](=O)[O-]. The summed E-state index contributed by atoms with van der Waals surface area (Å²) in [7, 11) is 1.55. The van der Waals surface area contributed by atoms with Crippen LogP contribution >= 0.6 is 0 Å². The van der Waals surface area contributed by atoms with Gasteiger partial charge in [0.05, 0.1) is 4.92 Å². The zero-order valence-corrected chi connectivity index (χ0v) is 10.3. The predicted octanol–water partition coefficient (Wildman–Crippen LogP) is 0.117. The molecular weight excluding hydrogens is 252 g/mol. The maximum atomic E-state index is 11.1. The van der Waals surface area contributed by atoms with Gasteiger partial charge in [0.2, 0.25) is 17.5 Å². The largest absolute Gasteiger partial charge is 0.367 e. The lowest BCUT2D eigenvalue weighted by atomic mass is 10.2. The minimum atomic E-state index is -0.540. The van der Waals surface area contributed by atoms with E-state index in [0.29, 0.717) is 19.4 Å². The van der Waals surface area contributed by atoms with Gasteiger partial charge >= 0.3 is 5.69 Å². The molecule has 0 saturated carbocycles. The van der Waals surface area contributed by atoms with Crippen molar-refractivity contribution < 1.29 is 9.72 Å². The average Bonchev–Trinajstić information content (AvgIpc) is 2.81. The number of hydrogen-bond donors (Lipinski definition) is 3. The Hall–Kier alpha value is -2.45. The van der Waals surface area contributed by atoms with Crippen molar-refractivity contribution in [3.63, 3.8) is 0 Å². The standard InChI is InChI=1S/C10H14N6O3/c1-11-9-8(16(18)19)10(14-5-13-9)12-4-6-2-3-7(17)15-6/h5-6H,2-4H2,1H3,(H,15,17)(H2,11,12,13,14). The van der Waals surface area contributed by atoms with Crippen LogP contribution < -0.4 is 16.0 Å². The lowest BCUT2D eigenvalue weighted by molar-refractivity contribution is -0.383. The molecule has 9 nitrogen and oxygen atoms in total. The second-order valence-electron chi connectivity index (χ2n) is 4.11. The molecule has 2 rings (SSSR count). The summed E-state index contributed by atoms with van der Waals surface area (Å²) in [5, 5.41) is 19.3. The van der Waals surface area contributed by atoms with Gasteiger partial charge in [-0.05, 0) is 6.42 Å². The van der Waals surface area contributed by atoms with Crippen LogP contribution in [-0.2, 0) is 4.79 Å². The van der Waals surface area contributed by atoms with Crippen LogP contribution in [0, 0.1) is 10.1 Å². The van der Waals surface area contributed by atoms with Gasteiger partial charge in [-0.3, -0.25) is 14.9 Å². The highest BCUT2D eigenvalue weighted by atomic mass is 16.6. The molecule has 1 amide bonds. The van der Waals surface area contributed by atoms with Gasteiger partial charge in [-0.15, -0.1) is 0 Å². The molecule has 0 radical (unpaired) electrons. The third-order valence-electron chi connectivity index (χ3n) is 2.84. The average molecular weight is 266 g/mol.